The molecule has 0 aliphatic rings. The maximum Gasteiger partial charge on any atom is 0.166 e. The Morgan fingerprint density at radius 2 is 2.25 bits per heavy atom. The van der Waals surface area contributed by atoms with Crippen LogP contribution in [0.4, 0.5) is 0 Å². The van der Waals surface area contributed by atoms with Crippen molar-refractivity contribution in [1.29, 1.82) is 5.41 Å². The first-order valence-corrected chi connectivity index (χ1v) is 4.05. The van der Waals surface area contributed by atoms with Gasteiger partial charge in [0.25, 0.3) is 0 Å². The number of halogens is 1. The molecular weight excluding hydrogens is 222 g/mol. The van der Waals surface area contributed by atoms with Crippen molar-refractivity contribution in [3.8, 4) is 11.5 Å². The van der Waals surface area contributed by atoms with Crippen LogP contribution in [0, 0.1) is 5.41 Å². The minimum Gasteiger partial charge on any atom is -0.504 e. The van der Waals surface area contributed by atoms with Crippen LogP contribution < -0.4 is 4.74 Å². The van der Waals surface area contributed by atoms with Crippen LogP contribution in [0.15, 0.2) is 16.6 Å². The Bertz CT molecular complexity index is 312. The molecule has 0 spiro atoms. The number of phenolic OH excluding ortho intramolecular Hbond substituents is 1. The molecule has 3 nitrogen and oxygen atoms in total. The van der Waals surface area contributed by atoms with Gasteiger partial charge in [0.1, 0.15) is 0 Å². The summed E-state index contributed by atoms with van der Waals surface area (Å²) in [5, 5.41) is 16.4. The largest absolute Gasteiger partial charge is 0.504 e. The molecule has 0 unspecified atom stereocenters. The van der Waals surface area contributed by atoms with Crippen molar-refractivity contribution >= 4 is 22.1 Å². The number of methoxy groups -OCH3 is 1. The molecule has 0 fully saturated rings. The van der Waals surface area contributed by atoms with Crippen molar-refractivity contribution in [1.82, 2.24) is 0 Å². The highest BCUT2D eigenvalue weighted by atomic mass is 79.9. The summed E-state index contributed by atoms with van der Waals surface area (Å²) >= 11 is 3.23. The first-order chi connectivity index (χ1) is 5.69. The molecule has 0 aliphatic carbocycles. The molecule has 0 radical (unpaired) electrons. The highest BCUT2D eigenvalue weighted by Crippen LogP contribution is 2.32. The van der Waals surface area contributed by atoms with E-state index in [2.05, 4.69) is 15.9 Å². The van der Waals surface area contributed by atoms with E-state index < -0.39 is 0 Å². The van der Waals surface area contributed by atoms with Crippen molar-refractivity contribution in [2.75, 3.05) is 7.11 Å². The summed E-state index contributed by atoms with van der Waals surface area (Å²) in [6.45, 7) is 0. The highest BCUT2D eigenvalue weighted by molar-refractivity contribution is 9.10. The average molecular weight is 230 g/mol. The van der Waals surface area contributed by atoms with Crippen LogP contribution in [0.3, 0.4) is 0 Å². The van der Waals surface area contributed by atoms with Crippen LogP contribution in [0.5, 0.6) is 11.5 Å². The third-order valence-electron chi connectivity index (χ3n) is 1.44. The third-order valence-corrected chi connectivity index (χ3v) is 1.90. The van der Waals surface area contributed by atoms with Gasteiger partial charge in [0.05, 0.1) is 7.11 Å². The monoisotopic (exact) mass is 229 g/mol. The molecule has 4 heteroatoms. The zero-order valence-electron chi connectivity index (χ0n) is 6.47. The summed E-state index contributed by atoms with van der Waals surface area (Å²) < 4.78 is 5.66. The van der Waals surface area contributed by atoms with Crippen molar-refractivity contribution in [2.45, 2.75) is 0 Å². The number of phenols is 1. The highest BCUT2D eigenvalue weighted by Gasteiger charge is 2.06. The lowest BCUT2D eigenvalue weighted by molar-refractivity contribution is 0.373. The molecule has 0 bridgehead atoms. The summed E-state index contributed by atoms with van der Waals surface area (Å²) in [5.74, 6) is 0.360. The molecule has 0 amide bonds. The first kappa shape index (κ1) is 9.06. The van der Waals surface area contributed by atoms with Crippen molar-refractivity contribution < 1.29 is 9.84 Å². The number of hydrogen-bond acceptors (Lipinski definition) is 3. The van der Waals surface area contributed by atoms with E-state index >= 15 is 0 Å². The number of nitrogens with one attached hydrogen (secondary N) is 1. The molecule has 1 rings (SSSR count). The van der Waals surface area contributed by atoms with Gasteiger partial charge in [0, 0.05) is 16.3 Å². The Labute approximate surface area is 78.6 Å². The minimum absolute atomic E-state index is 0.00398. The number of hydrogen-bond donors (Lipinski definition) is 2. The molecule has 0 aromatic heterocycles. The second-order valence-corrected chi connectivity index (χ2v) is 3.11. The smallest absolute Gasteiger partial charge is 0.166 e. The van der Waals surface area contributed by atoms with Crippen LogP contribution in [0.2, 0.25) is 0 Å². The lowest BCUT2D eigenvalue weighted by atomic mass is 10.2. The van der Waals surface area contributed by atoms with Gasteiger partial charge in [-0.1, -0.05) is 15.9 Å². The quantitative estimate of drug-likeness (QED) is 0.765. The summed E-state index contributed by atoms with van der Waals surface area (Å²) in [4.78, 5) is 0. The lowest BCUT2D eigenvalue weighted by Gasteiger charge is -2.05. The van der Waals surface area contributed by atoms with Gasteiger partial charge in [-0.25, -0.2) is 0 Å². The van der Waals surface area contributed by atoms with Crippen LogP contribution in [0.1, 0.15) is 5.56 Å². The summed E-state index contributed by atoms with van der Waals surface area (Å²) in [6.07, 6.45) is 1.07. The normalized spacial score (nSPS) is 9.50. The Kier molecular flexibility index (Phi) is 2.70. The lowest BCUT2D eigenvalue weighted by Crippen LogP contribution is -1.88. The fourth-order valence-corrected chi connectivity index (χ4v) is 1.31. The SMILES string of the molecule is COc1cc(Br)cc(C=N)c1O. The minimum atomic E-state index is -0.00398. The first-order valence-electron chi connectivity index (χ1n) is 3.26. The maximum absolute atomic E-state index is 9.42. The topological polar surface area (TPSA) is 53.3 Å². The summed E-state index contributed by atoms with van der Waals surface area (Å²) in [5.41, 5.74) is 0.432. The zero-order chi connectivity index (χ0) is 9.14. The molecule has 12 heavy (non-hydrogen) atoms. The molecule has 1 aromatic rings. The van der Waals surface area contributed by atoms with Gasteiger partial charge >= 0.3 is 0 Å². The molecule has 0 heterocycles. The van der Waals surface area contributed by atoms with E-state index in [4.69, 9.17) is 10.1 Å². The van der Waals surface area contributed by atoms with Crippen LogP contribution >= 0.6 is 15.9 Å². The maximum atomic E-state index is 9.42. The molecule has 64 valence electrons. The van der Waals surface area contributed by atoms with E-state index in [-0.39, 0.29) is 5.75 Å². The predicted molar refractivity (Wildman–Crippen MR) is 50.2 cm³/mol. The van der Waals surface area contributed by atoms with Gasteiger partial charge in [-0.3, -0.25) is 0 Å². The van der Waals surface area contributed by atoms with Gasteiger partial charge < -0.3 is 15.3 Å². The number of aromatic hydroxyl groups is 1. The van der Waals surface area contributed by atoms with Crippen molar-refractivity contribution in [2.24, 2.45) is 0 Å². The van der Waals surface area contributed by atoms with E-state index in [1.165, 1.54) is 7.11 Å². The van der Waals surface area contributed by atoms with Gasteiger partial charge in [0.2, 0.25) is 0 Å². The molecule has 0 aliphatic heterocycles. The summed E-state index contributed by atoms with van der Waals surface area (Å²) in [7, 11) is 1.47. The van der Waals surface area contributed by atoms with Gasteiger partial charge in [-0.15, -0.1) is 0 Å². The summed E-state index contributed by atoms with van der Waals surface area (Å²) in [6, 6.07) is 3.28. The molecule has 0 saturated carbocycles. The second kappa shape index (κ2) is 3.58. The van der Waals surface area contributed by atoms with Gasteiger partial charge in [0.15, 0.2) is 11.5 Å². The zero-order valence-corrected chi connectivity index (χ0v) is 8.05. The van der Waals surface area contributed by atoms with Crippen molar-refractivity contribution in [3.05, 3.63) is 22.2 Å². The Morgan fingerprint density at radius 1 is 1.58 bits per heavy atom. The third kappa shape index (κ3) is 1.58. The van der Waals surface area contributed by atoms with Crippen LogP contribution in [-0.4, -0.2) is 18.4 Å². The molecule has 0 saturated heterocycles. The average Bonchev–Trinajstić information content (AvgIpc) is 2.08. The molecular formula is C8H8BrNO2. The van der Waals surface area contributed by atoms with E-state index in [9.17, 15) is 5.11 Å². The fraction of sp³-hybridized carbons (Fsp3) is 0.125. The van der Waals surface area contributed by atoms with Gasteiger partial charge in [-0.05, 0) is 12.1 Å². The van der Waals surface area contributed by atoms with Crippen LogP contribution in [0.25, 0.3) is 0 Å². The van der Waals surface area contributed by atoms with Crippen LogP contribution in [-0.2, 0) is 0 Å². The Morgan fingerprint density at radius 3 is 2.75 bits per heavy atom. The Hall–Kier alpha value is -1.03. The van der Waals surface area contributed by atoms with Crippen molar-refractivity contribution in [3.63, 3.8) is 0 Å². The fourth-order valence-electron chi connectivity index (χ4n) is 0.860. The number of ether oxygens (including phenoxy) is 1. The molecule has 0 atom stereocenters. The van der Waals surface area contributed by atoms with Gasteiger partial charge in [-0.2, -0.15) is 0 Å². The second-order valence-electron chi connectivity index (χ2n) is 2.19. The number of benzene rings is 1. The Balaban J connectivity index is 3.31. The van der Waals surface area contributed by atoms with E-state index in [0.717, 1.165) is 10.7 Å². The number of rotatable bonds is 2. The van der Waals surface area contributed by atoms with E-state index in [0.29, 0.717) is 11.3 Å². The van der Waals surface area contributed by atoms with E-state index in [1.54, 1.807) is 12.1 Å². The standard InChI is InChI=1S/C8H8BrNO2/c1-12-7-3-6(9)2-5(4-10)8(7)11/h2-4,10-11H,1H3. The van der Waals surface area contributed by atoms with E-state index in [1.807, 2.05) is 0 Å². The molecule has 1 aromatic carbocycles. The molecule has 2 N–H and O–H groups in total. The predicted octanol–water partition coefficient (Wildman–Crippen LogP) is 2.16.